The number of hydrogen-bond donors (Lipinski definition) is 2. The Hall–Kier alpha value is -1.06. The van der Waals surface area contributed by atoms with Crippen LogP contribution in [0.15, 0.2) is 18.2 Å². The molecule has 1 aromatic rings. The Labute approximate surface area is 101 Å². The first-order valence-corrected chi connectivity index (χ1v) is 5.53. The van der Waals surface area contributed by atoms with E-state index in [1.54, 1.807) is 6.07 Å². The van der Waals surface area contributed by atoms with Crippen molar-refractivity contribution in [2.45, 2.75) is 26.3 Å². The molecule has 0 aliphatic carbocycles. The number of carbonyl (C=O) groups excluding carboxylic acids is 1. The third-order valence-corrected chi connectivity index (χ3v) is 2.90. The van der Waals surface area contributed by atoms with Crippen LogP contribution in [0, 0.1) is 6.92 Å². The first-order chi connectivity index (χ1) is 7.37. The van der Waals surface area contributed by atoms with Gasteiger partial charge in [0.2, 0.25) is 0 Å². The molecule has 4 heteroatoms. The highest BCUT2D eigenvalue weighted by molar-refractivity contribution is 6.34. The summed E-state index contributed by atoms with van der Waals surface area (Å²) in [6, 6.07) is 5.38. The van der Waals surface area contributed by atoms with Crippen LogP contribution in [0.2, 0.25) is 5.02 Å². The first-order valence-electron chi connectivity index (χ1n) is 5.15. The summed E-state index contributed by atoms with van der Waals surface area (Å²) in [7, 11) is 0. The zero-order chi connectivity index (χ0) is 12.3. The summed E-state index contributed by atoms with van der Waals surface area (Å²) in [6.45, 7) is 5.98. The molecule has 1 aromatic carbocycles. The van der Waals surface area contributed by atoms with Gasteiger partial charge in [-0.05, 0) is 32.4 Å². The third-order valence-electron chi connectivity index (χ3n) is 2.40. The van der Waals surface area contributed by atoms with E-state index >= 15 is 0 Å². The number of benzene rings is 1. The van der Waals surface area contributed by atoms with Crippen LogP contribution in [0.25, 0.3) is 0 Å². The van der Waals surface area contributed by atoms with Gasteiger partial charge in [-0.2, -0.15) is 0 Å². The van der Waals surface area contributed by atoms with Crippen LogP contribution in [0.1, 0.15) is 29.8 Å². The van der Waals surface area contributed by atoms with E-state index in [0.717, 1.165) is 5.56 Å². The van der Waals surface area contributed by atoms with Gasteiger partial charge in [0.05, 0.1) is 10.6 Å². The van der Waals surface area contributed by atoms with Gasteiger partial charge in [-0.3, -0.25) is 4.79 Å². The van der Waals surface area contributed by atoms with Crippen LogP contribution >= 0.6 is 11.6 Å². The molecule has 0 radical (unpaired) electrons. The van der Waals surface area contributed by atoms with E-state index in [1.807, 2.05) is 32.9 Å². The maximum absolute atomic E-state index is 11.9. The second kappa shape index (κ2) is 4.85. The maximum Gasteiger partial charge on any atom is 0.253 e. The Morgan fingerprint density at radius 3 is 2.69 bits per heavy atom. The van der Waals surface area contributed by atoms with E-state index in [-0.39, 0.29) is 5.91 Å². The lowest BCUT2D eigenvalue weighted by atomic mass is 10.0. The Morgan fingerprint density at radius 1 is 1.50 bits per heavy atom. The van der Waals surface area contributed by atoms with Crippen LogP contribution in [-0.4, -0.2) is 18.0 Å². The third kappa shape index (κ3) is 2.97. The van der Waals surface area contributed by atoms with Gasteiger partial charge < -0.3 is 11.1 Å². The first kappa shape index (κ1) is 13.0. The van der Waals surface area contributed by atoms with Crippen LogP contribution in [0.4, 0.5) is 0 Å². The number of hydrogen-bond acceptors (Lipinski definition) is 2. The number of rotatable bonds is 3. The van der Waals surface area contributed by atoms with Crippen LogP contribution in [0.5, 0.6) is 0 Å². The van der Waals surface area contributed by atoms with E-state index in [0.29, 0.717) is 17.1 Å². The van der Waals surface area contributed by atoms with Crippen molar-refractivity contribution in [2.75, 3.05) is 6.54 Å². The predicted octanol–water partition coefficient (Wildman–Crippen LogP) is 2.12. The Morgan fingerprint density at radius 2 is 2.12 bits per heavy atom. The molecule has 16 heavy (non-hydrogen) atoms. The lowest BCUT2D eigenvalue weighted by molar-refractivity contribution is 0.0916. The van der Waals surface area contributed by atoms with Gasteiger partial charge in [0.15, 0.2) is 0 Å². The molecular formula is C12H17ClN2O. The number of aryl methyl sites for hydroxylation is 1. The van der Waals surface area contributed by atoms with Crippen molar-refractivity contribution in [2.24, 2.45) is 5.73 Å². The Balaban J connectivity index is 2.94. The molecule has 1 rings (SSSR count). The largest absolute Gasteiger partial charge is 0.346 e. The van der Waals surface area contributed by atoms with Crippen molar-refractivity contribution >= 4 is 17.5 Å². The summed E-state index contributed by atoms with van der Waals surface area (Å²) in [5.41, 5.74) is 6.50. The molecule has 0 unspecified atom stereocenters. The topological polar surface area (TPSA) is 55.1 Å². The number of carbonyl (C=O) groups is 1. The van der Waals surface area contributed by atoms with Gasteiger partial charge in [0, 0.05) is 12.1 Å². The number of nitrogens with one attached hydrogen (secondary N) is 1. The zero-order valence-electron chi connectivity index (χ0n) is 9.80. The Bertz CT molecular complexity index is 402. The van der Waals surface area contributed by atoms with Gasteiger partial charge in [0.25, 0.3) is 5.91 Å². The van der Waals surface area contributed by atoms with Gasteiger partial charge in [-0.1, -0.05) is 23.7 Å². The molecule has 0 spiro atoms. The van der Waals surface area contributed by atoms with E-state index in [1.165, 1.54) is 0 Å². The minimum atomic E-state index is -0.426. The Kier molecular flexibility index (Phi) is 3.94. The van der Waals surface area contributed by atoms with Gasteiger partial charge in [-0.15, -0.1) is 0 Å². The van der Waals surface area contributed by atoms with Crippen molar-refractivity contribution in [1.82, 2.24) is 5.32 Å². The van der Waals surface area contributed by atoms with Crippen LogP contribution < -0.4 is 11.1 Å². The van der Waals surface area contributed by atoms with E-state index in [4.69, 9.17) is 17.3 Å². The number of amides is 1. The standard InChI is InChI=1S/C12H17ClN2O/c1-8-5-4-6-9(10(8)13)11(16)15-12(2,3)7-14/h4-6H,7,14H2,1-3H3,(H,15,16). The lowest BCUT2D eigenvalue weighted by Crippen LogP contribution is -2.48. The monoisotopic (exact) mass is 240 g/mol. The molecular weight excluding hydrogens is 224 g/mol. The van der Waals surface area contributed by atoms with E-state index in [2.05, 4.69) is 5.32 Å². The van der Waals surface area contributed by atoms with Crippen molar-refractivity contribution < 1.29 is 4.79 Å². The molecule has 0 fully saturated rings. The quantitative estimate of drug-likeness (QED) is 0.850. The molecule has 0 aromatic heterocycles. The van der Waals surface area contributed by atoms with Gasteiger partial charge in [0.1, 0.15) is 0 Å². The molecule has 3 N–H and O–H groups in total. The average molecular weight is 241 g/mol. The van der Waals surface area contributed by atoms with Crippen molar-refractivity contribution in [3.8, 4) is 0 Å². The molecule has 0 aliphatic heterocycles. The summed E-state index contributed by atoms with van der Waals surface area (Å²) in [5, 5.41) is 3.34. The van der Waals surface area contributed by atoms with Crippen molar-refractivity contribution in [3.63, 3.8) is 0 Å². The fourth-order valence-electron chi connectivity index (χ4n) is 1.25. The summed E-state index contributed by atoms with van der Waals surface area (Å²) < 4.78 is 0. The minimum absolute atomic E-state index is 0.191. The van der Waals surface area contributed by atoms with Crippen LogP contribution in [-0.2, 0) is 0 Å². The molecule has 0 saturated carbocycles. The molecule has 88 valence electrons. The van der Waals surface area contributed by atoms with E-state index < -0.39 is 5.54 Å². The number of halogens is 1. The number of nitrogens with two attached hydrogens (primary N) is 1. The summed E-state index contributed by atoms with van der Waals surface area (Å²) in [4.78, 5) is 11.9. The predicted molar refractivity (Wildman–Crippen MR) is 66.8 cm³/mol. The molecule has 0 heterocycles. The molecule has 3 nitrogen and oxygen atoms in total. The van der Waals surface area contributed by atoms with Gasteiger partial charge in [-0.25, -0.2) is 0 Å². The maximum atomic E-state index is 11.9. The average Bonchev–Trinajstić information content (AvgIpc) is 2.21. The highest BCUT2D eigenvalue weighted by Crippen LogP contribution is 2.20. The van der Waals surface area contributed by atoms with Gasteiger partial charge >= 0.3 is 0 Å². The second-order valence-electron chi connectivity index (χ2n) is 4.48. The lowest BCUT2D eigenvalue weighted by Gasteiger charge is -2.24. The zero-order valence-corrected chi connectivity index (χ0v) is 10.6. The second-order valence-corrected chi connectivity index (χ2v) is 4.86. The normalized spacial score (nSPS) is 11.3. The fourth-order valence-corrected chi connectivity index (χ4v) is 1.46. The summed E-state index contributed by atoms with van der Waals surface area (Å²) in [6.07, 6.45) is 0. The van der Waals surface area contributed by atoms with Crippen molar-refractivity contribution in [3.05, 3.63) is 34.3 Å². The SMILES string of the molecule is Cc1cccc(C(=O)NC(C)(C)CN)c1Cl. The van der Waals surface area contributed by atoms with E-state index in [9.17, 15) is 4.79 Å². The van der Waals surface area contributed by atoms with Crippen molar-refractivity contribution in [1.29, 1.82) is 0 Å². The smallest absolute Gasteiger partial charge is 0.253 e. The summed E-state index contributed by atoms with van der Waals surface area (Å²) >= 11 is 6.07. The minimum Gasteiger partial charge on any atom is -0.346 e. The fraction of sp³-hybridized carbons (Fsp3) is 0.417. The summed E-state index contributed by atoms with van der Waals surface area (Å²) in [5.74, 6) is -0.191. The highest BCUT2D eigenvalue weighted by Gasteiger charge is 2.20. The molecule has 0 saturated heterocycles. The molecule has 0 atom stereocenters. The molecule has 0 bridgehead atoms. The molecule has 0 aliphatic rings. The molecule has 1 amide bonds. The van der Waals surface area contributed by atoms with Crippen LogP contribution in [0.3, 0.4) is 0 Å². The highest BCUT2D eigenvalue weighted by atomic mass is 35.5.